The minimum atomic E-state index is -3.44. The van der Waals surface area contributed by atoms with Crippen LogP contribution in [0, 0.1) is 11.8 Å². The van der Waals surface area contributed by atoms with Gasteiger partial charge in [0.1, 0.15) is 5.75 Å². The van der Waals surface area contributed by atoms with E-state index in [2.05, 4.69) is 22.6 Å². The first kappa shape index (κ1) is 25.5. The van der Waals surface area contributed by atoms with Crippen molar-refractivity contribution >= 4 is 27.4 Å². The minimum Gasteiger partial charge on any atom is -0.493 e. The zero-order chi connectivity index (χ0) is 23.8. The van der Waals surface area contributed by atoms with Crippen molar-refractivity contribution in [2.24, 2.45) is 11.8 Å². The van der Waals surface area contributed by atoms with Crippen LogP contribution in [0.3, 0.4) is 0 Å². The van der Waals surface area contributed by atoms with Crippen LogP contribution in [0.25, 0.3) is 0 Å². The largest absolute Gasteiger partial charge is 0.493 e. The highest BCUT2D eigenvalue weighted by molar-refractivity contribution is 7.91. The standard InChI is InChI=1S/C25H32ClNO5S/c1-19-16-27(13-12-20-5-3-6-22(26)15-20)17-21(19)18-32-23-8-10-24(11-9-23)33(29,30)14-4-7-25(28)31-2/h3,5-6,8-11,15,19,21H,4,7,12-14,16-18H2,1-2H3/t19-,21+/m1/s1. The zero-order valence-electron chi connectivity index (χ0n) is 19.2. The van der Waals surface area contributed by atoms with Gasteiger partial charge in [-0.25, -0.2) is 8.42 Å². The van der Waals surface area contributed by atoms with E-state index in [0.717, 1.165) is 31.1 Å². The molecule has 180 valence electrons. The fourth-order valence-corrected chi connectivity index (χ4v) is 5.62. The average Bonchev–Trinajstić information content (AvgIpc) is 3.15. The molecule has 0 bridgehead atoms. The second kappa shape index (κ2) is 11.9. The van der Waals surface area contributed by atoms with Crippen molar-refractivity contribution in [3.63, 3.8) is 0 Å². The Hall–Kier alpha value is -2.09. The summed E-state index contributed by atoms with van der Waals surface area (Å²) in [5.74, 6) is 1.11. The second-order valence-corrected chi connectivity index (χ2v) is 11.2. The predicted octanol–water partition coefficient (Wildman–Crippen LogP) is 4.26. The van der Waals surface area contributed by atoms with Gasteiger partial charge in [0.2, 0.25) is 0 Å². The first-order valence-corrected chi connectivity index (χ1v) is 13.3. The number of esters is 1. The summed E-state index contributed by atoms with van der Waals surface area (Å²) in [6.07, 6.45) is 1.30. The number of ether oxygens (including phenoxy) is 2. The number of likely N-dealkylation sites (tertiary alicyclic amines) is 1. The summed E-state index contributed by atoms with van der Waals surface area (Å²) in [4.78, 5) is 13.9. The molecule has 0 spiro atoms. The van der Waals surface area contributed by atoms with Gasteiger partial charge in [-0.2, -0.15) is 0 Å². The van der Waals surface area contributed by atoms with Gasteiger partial charge in [0.25, 0.3) is 0 Å². The van der Waals surface area contributed by atoms with Gasteiger partial charge < -0.3 is 14.4 Å². The van der Waals surface area contributed by atoms with Crippen molar-refractivity contribution in [1.29, 1.82) is 0 Å². The molecule has 0 aliphatic carbocycles. The van der Waals surface area contributed by atoms with Gasteiger partial charge in [-0.15, -0.1) is 0 Å². The maximum absolute atomic E-state index is 12.4. The summed E-state index contributed by atoms with van der Waals surface area (Å²) < 4.78 is 35.4. The third-order valence-corrected chi connectivity index (χ3v) is 8.17. The summed E-state index contributed by atoms with van der Waals surface area (Å²) in [5.41, 5.74) is 1.25. The van der Waals surface area contributed by atoms with E-state index in [1.165, 1.54) is 12.7 Å². The molecule has 0 amide bonds. The van der Waals surface area contributed by atoms with E-state index < -0.39 is 15.8 Å². The summed E-state index contributed by atoms with van der Waals surface area (Å²) in [6.45, 7) is 5.85. The Labute approximate surface area is 201 Å². The van der Waals surface area contributed by atoms with Crippen LogP contribution in [0.1, 0.15) is 25.3 Å². The molecule has 1 saturated heterocycles. The number of benzene rings is 2. The molecule has 6 nitrogen and oxygen atoms in total. The quantitative estimate of drug-likeness (QED) is 0.435. The third-order valence-electron chi connectivity index (χ3n) is 6.12. The van der Waals surface area contributed by atoms with Crippen molar-refractivity contribution < 1.29 is 22.7 Å². The van der Waals surface area contributed by atoms with Gasteiger partial charge in [-0.05, 0) is 60.7 Å². The van der Waals surface area contributed by atoms with Gasteiger partial charge in [-0.3, -0.25) is 4.79 Å². The lowest BCUT2D eigenvalue weighted by Crippen LogP contribution is -2.24. The summed E-state index contributed by atoms with van der Waals surface area (Å²) in [5, 5.41) is 0.772. The van der Waals surface area contributed by atoms with E-state index in [1.54, 1.807) is 24.3 Å². The molecule has 33 heavy (non-hydrogen) atoms. The van der Waals surface area contributed by atoms with Crippen LogP contribution in [0.5, 0.6) is 5.75 Å². The van der Waals surface area contributed by atoms with Crippen molar-refractivity contribution in [3.05, 3.63) is 59.1 Å². The molecule has 0 aromatic heterocycles. The molecule has 0 unspecified atom stereocenters. The molecule has 2 aromatic carbocycles. The lowest BCUT2D eigenvalue weighted by molar-refractivity contribution is -0.140. The molecule has 0 N–H and O–H groups in total. The number of hydrogen-bond donors (Lipinski definition) is 0. The van der Waals surface area contributed by atoms with Crippen molar-refractivity contribution in [3.8, 4) is 5.75 Å². The number of nitrogens with zero attached hydrogens (tertiary/aromatic N) is 1. The highest BCUT2D eigenvalue weighted by atomic mass is 35.5. The second-order valence-electron chi connectivity index (χ2n) is 8.66. The predicted molar refractivity (Wildman–Crippen MR) is 129 cm³/mol. The van der Waals surface area contributed by atoms with Gasteiger partial charge >= 0.3 is 5.97 Å². The summed E-state index contributed by atoms with van der Waals surface area (Å²) in [6, 6.07) is 14.5. The minimum absolute atomic E-state index is 0.0899. The van der Waals surface area contributed by atoms with Crippen LogP contribution in [0.4, 0.5) is 0 Å². The van der Waals surface area contributed by atoms with E-state index >= 15 is 0 Å². The molecule has 1 fully saturated rings. The van der Waals surface area contributed by atoms with Crippen LogP contribution in [0.15, 0.2) is 53.4 Å². The first-order valence-electron chi connectivity index (χ1n) is 11.3. The van der Waals surface area contributed by atoms with E-state index in [0.29, 0.717) is 24.2 Å². The fourth-order valence-electron chi connectivity index (χ4n) is 4.09. The number of carbonyl (C=O) groups is 1. The number of sulfone groups is 1. The normalized spacial score (nSPS) is 18.9. The number of methoxy groups -OCH3 is 1. The molecule has 0 saturated carbocycles. The number of halogens is 1. The first-order chi connectivity index (χ1) is 15.8. The maximum atomic E-state index is 12.4. The van der Waals surface area contributed by atoms with E-state index in [4.69, 9.17) is 16.3 Å². The molecule has 1 aliphatic heterocycles. The highest BCUT2D eigenvalue weighted by Gasteiger charge is 2.29. The molecular formula is C25H32ClNO5S. The SMILES string of the molecule is COC(=O)CCCS(=O)(=O)c1ccc(OC[C@@H]2CN(CCc3cccc(Cl)c3)C[C@H]2C)cc1. The molecule has 2 atom stereocenters. The van der Waals surface area contributed by atoms with Crippen LogP contribution in [0.2, 0.25) is 5.02 Å². The lowest BCUT2D eigenvalue weighted by atomic mass is 9.99. The number of carbonyl (C=O) groups excluding carboxylic acids is 1. The van der Waals surface area contributed by atoms with E-state index in [9.17, 15) is 13.2 Å². The Morgan fingerprint density at radius 3 is 2.61 bits per heavy atom. The maximum Gasteiger partial charge on any atom is 0.305 e. The molecule has 1 heterocycles. The Bertz CT molecular complexity index is 1030. The molecule has 8 heteroatoms. The summed E-state index contributed by atoms with van der Waals surface area (Å²) in [7, 11) is -2.15. The van der Waals surface area contributed by atoms with Crippen LogP contribution >= 0.6 is 11.6 Å². The number of rotatable bonds is 11. The van der Waals surface area contributed by atoms with Gasteiger partial charge in [0.15, 0.2) is 9.84 Å². The van der Waals surface area contributed by atoms with Crippen LogP contribution in [-0.2, 0) is 25.8 Å². The van der Waals surface area contributed by atoms with Crippen LogP contribution < -0.4 is 4.74 Å². The Kier molecular flexibility index (Phi) is 9.18. The Morgan fingerprint density at radius 1 is 1.15 bits per heavy atom. The number of hydrogen-bond acceptors (Lipinski definition) is 6. The fraction of sp³-hybridized carbons (Fsp3) is 0.480. The molecule has 1 aliphatic rings. The molecular weight excluding hydrogens is 462 g/mol. The Balaban J connectivity index is 1.45. The molecule has 2 aromatic rings. The highest BCUT2D eigenvalue weighted by Crippen LogP contribution is 2.25. The topological polar surface area (TPSA) is 72.9 Å². The van der Waals surface area contributed by atoms with E-state index in [1.807, 2.05) is 18.2 Å². The van der Waals surface area contributed by atoms with Crippen molar-refractivity contribution in [2.75, 3.05) is 39.1 Å². The van der Waals surface area contributed by atoms with Crippen molar-refractivity contribution in [2.45, 2.75) is 31.1 Å². The third kappa shape index (κ3) is 7.73. The van der Waals surface area contributed by atoms with Gasteiger partial charge in [0, 0.05) is 37.0 Å². The van der Waals surface area contributed by atoms with Crippen molar-refractivity contribution in [1.82, 2.24) is 4.90 Å². The average molecular weight is 494 g/mol. The van der Waals surface area contributed by atoms with Gasteiger partial charge in [-0.1, -0.05) is 30.7 Å². The smallest absolute Gasteiger partial charge is 0.305 e. The van der Waals surface area contributed by atoms with Gasteiger partial charge in [0.05, 0.1) is 24.4 Å². The molecule has 3 rings (SSSR count). The lowest BCUT2D eigenvalue weighted by Gasteiger charge is -2.17. The van der Waals surface area contributed by atoms with E-state index in [-0.39, 0.29) is 23.5 Å². The summed E-state index contributed by atoms with van der Waals surface area (Å²) >= 11 is 6.08. The zero-order valence-corrected chi connectivity index (χ0v) is 20.8. The Morgan fingerprint density at radius 2 is 1.91 bits per heavy atom. The monoisotopic (exact) mass is 493 g/mol. The molecule has 0 radical (unpaired) electrons. The van der Waals surface area contributed by atoms with Crippen LogP contribution in [-0.4, -0.2) is 58.4 Å².